The molecule has 0 radical (unpaired) electrons. The van der Waals surface area contributed by atoms with E-state index in [2.05, 4.69) is 16.2 Å². The molecule has 0 fully saturated rings. The van der Waals surface area contributed by atoms with Gasteiger partial charge in [-0.05, 0) is 19.1 Å². The highest BCUT2D eigenvalue weighted by molar-refractivity contribution is 5.43. The maximum absolute atomic E-state index is 5.21. The third-order valence-electron chi connectivity index (χ3n) is 1.28. The molecule has 0 unspecified atom stereocenters. The number of nitrogens with zero attached hydrogens (tertiary/aromatic N) is 1. The van der Waals surface area contributed by atoms with Crippen molar-refractivity contribution in [2.75, 3.05) is 11.9 Å². The Labute approximate surface area is 66.7 Å². The van der Waals surface area contributed by atoms with Gasteiger partial charge in [0.25, 0.3) is 0 Å². The Balaban J connectivity index is 2.85. The molecular formula is C9H10N2. The first-order chi connectivity index (χ1) is 5.36. The second-order valence-electron chi connectivity index (χ2n) is 2.10. The standard InChI is InChI=1S/C9H10N2/c1-3-8-5-6-11-9(7-8)10-4-2/h1,5-7H,4H2,2H3,(H,10,11). The first kappa shape index (κ1) is 7.62. The maximum atomic E-state index is 5.21. The molecular weight excluding hydrogens is 136 g/mol. The third-order valence-corrected chi connectivity index (χ3v) is 1.28. The molecule has 0 aliphatic rings. The van der Waals surface area contributed by atoms with Gasteiger partial charge >= 0.3 is 0 Å². The molecule has 1 aromatic heterocycles. The highest BCUT2D eigenvalue weighted by atomic mass is 15.0. The van der Waals surface area contributed by atoms with E-state index < -0.39 is 0 Å². The van der Waals surface area contributed by atoms with Crippen molar-refractivity contribution in [1.82, 2.24) is 4.98 Å². The van der Waals surface area contributed by atoms with Crippen molar-refractivity contribution >= 4 is 5.82 Å². The topological polar surface area (TPSA) is 24.9 Å². The van der Waals surface area contributed by atoms with Gasteiger partial charge in [0.2, 0.25) is 0 Å². The van der Waals surface area contributed by atoms with Crippen LogP contribution in [-0.2, 0) is 0 Å². The average Bonchev–Trinajstić information content (AvgIpc) is 2.06. The van der Waals surface area contributed by atoms with Crippen molar-refractivity contribution in [2.24, 2.45) is 0 Å². The molecule has 2 nitrogen and oxygen atoms in total. The molecule has 1 heterocycles. The number of hydrogen-bond acceptors (Lipinski definition) is 2. The lowest BCUT2D eigenvalue weighted by Crippen LogP contribution is -1.98. The Morgan fingerprint density at radius 2 is 2.55 bits per heavy atom. The van der Waals surface area contributed by atoms with Gasteiger partial charge in [-0.2, -0.15) is 0 Å². The van der Waals surface area contributed by atoms with Crippen molar-refractivity contribution in [3.05, 3.63) is 23.9 Å². The van der Waals surface area contributed by atoms with E-state index in [1.54, 1.807) is 12.3 Å². The second-order valence-corrected chi connectivity index (χ2v) is 2.10. The zero-order valence-electron chi connectivity index (χ0n) is 6.46. The molecule has 0 aliphatic heterocycles. The normalized spacial score (nSPS) is 8.73. The number of nitrogens with one attached hydrogen (secondary N) is 1. The van der Waals surface area contributed by atoms with E-state index in [9.17, 15) is 0 Å². The summed E-state index contributed by atoms with van der Waals surface area (Å²) in [7, 11) is 0. The number of aromatic nitrogens is 1. The first-order valence-corrected chi connectivity index (χ1v) is 3.53. The molecule has 2 heteroatoms. The van der Waals surface area contributed by atoms with Gasteiger partial charge in [-0.15, -0.1) is 6.42 Å². The Hall–Kier alpha value is -1.49. The van der Waals surface area contributed by atoms with E-state index in [1.165, 1.54) is 0 Å². The van der Waals surface area contributed by atoms with Crippen LogP contribution in [0.15, 0.2) is 18.3 Å². The van der Waals surface area contributed by atoms with Crippen LogP contribution in [0.4, 0.5) is 5.82 Å². The molecule has 0 amide bonds. The molecule has 0 atom stereocenters. The fraction of sp³-hybridized carbons (Fsp3) is 0.222. The summed E-state index contributed by atoms with van der Waals surface area (Å²) in [4.78, 5) is 4.07. The first-order valence-electron chi connectivity index (χ1n) is 3.53. The summed E-state index contributed by atoms with van der Waals surface area (Å²) in [6.45, 7) is 2.88. The Bertz CT molecular complexity index is 273. The molecule has 0 aromatic carbocycles. The SMILES string of the molecule is C#Cc1ccnc(NCC)c1. The van der Waals surface area contributed by atoms with Gasteiger partial charge in [-0.1, -0.05) is 5.92 Å². The average molecular weight is 146 g/mol. The molecule has 0 spiro atoms. The minimum atomic E-state index is 0.836. The van der Waals surface area contributed by atoms with Crippen LogP contribution in [0, 0.1) is 12.3 Å². The Morgan fingerprint density at radius 1 is 1.73 bits per heavy atom. The van der Waals surface area contributed by atoms with E-state index in [4.69, 9.17) is 6.42 Å². The fourth-order valence-corrected chi connectivity index (χ4v) is 0.798. The van der Waals surface area contributed by atoms with Crippen LogP contribution in [0.25, 0.3) is 0 Å². The Kier molecular flexibility index (Phi) is 2.51. The zero-order valence-corrected chi connectivity index (χ0v) is 6.46. The summed E-state index contributed by atoms with van der Waals surface area (Å²) in [6, 6.07) is 3.66. The Morgan fingerprint density at radius 3 is 3.18 bits per heavy atom. The predicted molar refractivity (Wildman–Crippen MR) is 46.3 cm³/mol. The van der Waals surface area contributed by atoms with Crippen molar-refractivity contribution in [3.8, 4) is 12.3 Å². The van der Waals surface area contributed by atoms with E-state index in [0.29, 0.717) is 0 Å². The van der Waals surface area contributed by atoms with Gasteiger partial charge in [0.15, 0.2) is 0 Å². The highest BCUT2D eigenvalue weighted by Crippen LogP contribution is 2.04. The molecule has 1 N–H and O–H groups in total. The zero-order chi connectivity index (χ0) is 8.10. The second kappa shape index (κ2) is 3.62. The van der Waals surface area contributed by atoms with Crippen molar-refractivity contribution in [1.29, 1.82) is 0 Å². The number of terminal acetylenes is 1. The van der Waals surface area contributed by atoms with E-state index >= 15 is 0 Å². The van der Waals surface area contributed by atoms with Gasteiger partial charge in [0.1, 0.15) is 5.82 Å². The summed E-state index contributed by atoms with van der Waals surface area (Å²) in [5.74, 6) is 3.38. The minimum Gasteiger partial charge on any atom is -0.370 e. The van der Waals surface area contributed by atoms with Gasteiger partial charge in [0, 0.05) is 18.3 Å². The molecule has 0 bridgehead atoms. The molecule has 11 heavy (non-hydrogen) atoms. The van der Waals surface area contributed by atoms with Crippen LogP contribution in [0.2, 0.25) is 0 Å². The van der Waals surface area contributed by atoms with Gasteiger partial charge in [-0.3, -0.25) is 0 Å². The summed E-state index contributed by atoms with van der Waals surface area (Å²) in [5, 5.41) is 3.08. The summed E-state index contributed by atoms with van der Waals surface area (Å²) >= 11 is 0. The van der Waals surface area contributed by atoms with Gasteiger partial charge in [-0.25, -0.2) is 4.98 Å². The lowest BCUT2D eigenvalue weighted by Gasteiger charge is -2.00. The fourth-order valence-electron chi connectivity index (χ4n) is 0.798. The predicted octanol–water partition coefficient (Wildman–Crippen LogP) is 1.49. The third kappa shape index (κ3) is 1.98. The minimum absolute atomic E-state index is 0.836. The van der Waals surface area contributed by atoms with Crippen LogP contribution in [-0.4, -0.2) is 11.5 Å². The number of rotatable bonds is 2. The largest absolute Gasteiger partial charge is 0.370 e. The van der Waals surface area contributed by atoms with E-state index in [1.807, 2.05) is 13.0 Å². The van der Waals surface area contributed by atoms with Crippen molar-refractivity contribution < 1.29 is 0 Å². The van der Waals surface area contributed by atoms with Crippen molar-refractivity contribution in [3.63, 3.8) is 0 Å². The van der Waals surface area contributed by atoms with E-state index in [0.717, 1.165) is 17.9 Å². The number of hydrogen-bond donors (Lipinski definition) is 1. The molecule has 0 saturated heterocycles. The molecule has 0 saturated carbocycles. The lowest BCUT2D eigenvalue weighted by atomic mass is 10.3. The number of anilines is 1. The molecule has 56 valence electrons. The van der Waals surface area contributed by atoms with Crippen LogP contribution in [0.1, 0.15) is 12.5 Å². The molecule has 1 aromatic rings. The quantitative estimate of drug-likeness (QED) is 0.639. The van der Waals surface area contributed by atoms with Crippen LogP contribution < -0.4 is 5.32 Å². The molecule has 1 rings (SSSR count). The van der Waals surface area contributed by atoms with E-state index in [-0.39, 0.29) is 0 Å². The highest BCUT2D eigenvalue weighted by Gasteiger charge is 1.90. The summed E-state index contributed by atoms with van der Waals surface area (Å²) in [5.41, 5.74) is 0.857. The smallest absolute Gasteiger partial charge is 0.127 e. The van der Waals surface area contributed by atoms with Gasteiger partial charge < -0.3 is 5.32 Å². The van der Waals surface area contributed by atoms with Crippen molar-refractivity contribution in [2.45, 2.75) is 6.92 Å². The van der Waals surface area contributed by atoms with Gasteiger partial charge in [0.05, 0.1) is 0 Å². The maximum Gasteiger partial charge on any atom is 0.127 e. The lowest BCUT2D eigenvalue weighted by molar-refractivity contribution is 1.16. The van der Waals surface area contributed by atoms with Crippen LogP contribution in [0.3, 0.4) is 0 Å². The summed E-state index contributed by atoms with van der Waals surface area (Å²) < 4.78 is 0. The summed E-state index contributed by atoms with van der Waals surface area (Å²) in [6.07, 6.45) is 6.91. The monoisotopic (exact) mass is 146 g/mol. The number of pyridine rings is 1. The van der Waals surface area contributed by atoms with Crippen LogP contribution in [0.5, 0.6) is 0 Å². The van der Waals surface area contributed by atoms with Crippen LogP contribution >= 0.6 is 0 Å². The molecule has 0 aliphatic carbocycles.